The number of rotatable bonds is 5. The molecular formula is C24H20Cl2N2O5S. The summed E-state index contributed by atoms with van der Waals surface area (Å²) in [6, 6.07) is 11.0. The second-order valence-electron chi connectivity index (χ2n) is 7.76. The largest absolute Gasteiger partial charge is 0.422 e. The zero-order chi connectivity index (χ0) is 24.2. The molecule has 0 spiro atoms. The second-order valence-corrected chi connectivity index (χ2v) is 9.60. The van der Waals surface area contributed by atoms with Gasteiger partial charge in [0.2, 0.25) is 5.91 Å². The molecule has 0 atom stereocenters. The summed E-state index contributed by atoms with van der Waals surface area (Å²) in [4.78, 5) is 53.3. The lowest BCUT2D eigenvalue weighted by Crippen LogP contribution is -2.44. The summed E-state index contributed by atoms with van der Waals surface area (Å²) < 4.78 is 5.50. The first-order chi connectivity index (χ1) is 16.3. The lowest BCUT2D eigenvalue weighted by molar-refractivity contribution is -0.136. The van der Waals surface area contributed by atoms with Gasteiger partial charge in [-0.2, -0.15) is 0 Å². The van der Waals surface area contributed by atoms with Gasteiger partial charge in [0.15, 0.2) is 0 Å². The van der Waals surface area contributed by atoms with Gasteiger partial charge in [0.05, 0.1) is 15.5 Å². The molecule has 10 heteroatoms. The molecule has 0 unspecified atom stereocenters. The van der Waals surface area contributed by atoms with Gasteiger partial charge in [0, 0.05) is 23.7 Å². The Morgan fingerprint density at radius 3 is 2.50 bits per heavy atom. The molecular weight excluding hydrogens is 499 g/mol. The maximum absolute atomic E-state index is 12.9. The highest BCUT2D eigenvalue weighted by molar-refractivity contribution is 8.18. The zero-order valence-corrected chi connectivity index (χ0v) is 20.3. The summed E-state index contributed by atoms with van der Waals surface area (Å²) in [6.07, 6.45) is 4.32. The van der Waals surface area contributed by atoms with E-state index in [1.807, 2.05) is 0 Å². The summed E-state index contributed by atoms with van der Waals surface area (Å²) in [7, 11) is 0. The molecule has 4 rings (SSSR count). The maximum Gasteiger partial charge on any atom is 0.345 e. The predicted molar refractivity (Wildman–Crippen MR) is 131 cm³/mol. The van der Waals surface area contributed by atoms with Gasteiger partial charge in [-0.05, 0) is 67.4 Å². The second kappa shape index (κ2) is 10.6. The lowest BCUT2D eigenvalue weighted by Gasteiger charge is -2.27. The van der Waals surface area contributed by atoms with E-state index >= 15 is 0 Å². The first-order valence-electron chi connectivity index (χ1n) is 10.6. The molecule has 2 heterocycles. The van der Waals surface area contributed by atoms with Gasteiger partial charge in [-0.25, -0.2) is 4.79 Å². The van der Waals surface area contributed by atoms with Crippen molar-refractivity contribution >= 4 is 64.1 Å². The number of benzene rings is 2. The van der Waals surface area contributed by atoms with Crippen LogP contribution >= 0.6 is 35.0 Å². The standard InChI is InChI=1S/C24H20Cl2N2O5S/c25-16-8-9-19(33-23(31)17-6-2-3-7-18(17)26)15(12-16)13-20-22(30)28(24(32)34-20)14-21(29)27-10-4-1-5-11-27/h2-3,6-9,12-13H,1,4-5,10-11,14H2/b20-13-. The van der Waals surface area contributed by atoms with Crippen molar-refractivity contribution in [3.05, 3.63) is 68.5 Å². The highest BCUT2D eigenvalue weighted by atomic mass is 35.5. The monoisotopic (exact) mass is 518 g/mol. The first kappa shape index (κ1) is 24.3. The van der Waals surface area contributed by atoms with E-state index in [2.05, 4.69) is 0 Å². The third-order valence-electron chi connectivity index (χ3n) is 5.43. The van der Waals surface area contributed by atoms with E-state index in [0.717, 1.165) is 35.9 Å². The van der Waals surface area contributed by atoms with Crippen molar-refractivity contribution in [2.75, 3.05) is 19.6 Å². The van der Waals surface area contributed by atoms with E-state index in [1.54, 1.807) is 23.1 Å². The van der Waals surface area contributed by atoms with E-state index in [0.29, 0.717) is 23.7 Å². The molecule has 0 aliphatic carbocycles. The Morgan fingerprint density at radius 2 is 1.76 bits per heavy atom. The maximum atomic E-state index is 12.9. The van der Waals surface area contributed by atoms with Gasteiger partial charge in [0.1, 0.15) is 12.3 Å². The minimum atomic E-state index is -0.678. The van der Waals surface area contributed by atoms with Crippen LogP contribution in [-0.2, 0) is 9.59 Å². The molecule has 7 nitrogen and oxygen atoms in total. The fourth-order valence-electron chi connectivity index (χ4n) is 3.66. The van der Waals surface area contributed by atoms with Crippen molar-refractivity contribution in [2.45, 2.75) is 19.3 Å². The molecule has 2 saturated heterocycles. The number of ether oxygens (including phenoxy) is 1. The predicted octanol–water partition coefficient (Wildman–Crippen LogP) is 5.26. The molecule has 2 fully saturated rings. The van der Waals surface area contributed by atoms with Crippen LogP contribution in [0.4, 0.5) is 4.79 Å². The molecule has 34 heavy (non-hydrogen) atoms. The Balaban J connectivity index is 1.54. The van der Waals surface area contributed by atoms with Crippen LogP contribution in [0, 0.1) is 0 Å². The van der Waals surface area contributed by atoms with E-state index in [4.69, 9.17) is 27.9 Å². The minimum absolute atomic E-state index is 0.105. The fourth-order valence-corrected chi connectivity index (χ4v) is 4.89. The highest BCUT2D eigenvalue weighted by Crippen LogP contribution is 2.35. The Labute approximate surface area is 210 Å². The number of carbonyl (C=O) groups is 4. The molecule has 176 valence electrons. The number of likely N-dealkylation sites (tertiary alicyclic amines) is 1. The number of esters is 1. The third kappa shape index (κ3) is 5.46. The molecule has 0 radical (unpaired) electrons. The van der Waals surface area contributed by atoms with Crippen LogP contribution in [0.25, 0.3) is 6.08 Å². The smallest absolute Gasteiger partial charge is 0.345 e. The van der Waals surface area contributed by atoms with Crippen LogP contribution in [0.5, 0.6) is 5.75 Å². The normalized spacial score (nSPS) is 17.4. The van der Waals surface area contributed by atoms with Crippen molar-refractivity contribution in [1.29, 1.82) is 0 Å². The quantitative estimate of drug-likeness (QED) is 0.305. The molecule has 3 amide bonds. The van der Waals surface area contributed by atoms with Crippen LogP contribution in [-0.4, -0.2) is 52.5 Å². The SMILES string of the molecule is O=C(Oc1ccc(Cl)cc1/C=C1\SC(=O)N(CC(=O)N2CCCCC2)C1=O)c1ccccc1Cl. The van der Waals surface area contributed by atoms with Crippen molar-refractivity contribution in [3.8, 4) is 5.75 Å². The molecule has 2 aliphatic heterocycles. The Kier molecular flexibility index (Phi) is 7.60. The lowest BCUT2D eigenvalue weighted by atomic mass is 10.1. The third-order valence-corrected chi connectivity index (χ3v) is 6.90. The number of hydrogen-bond acceptors (Lipinski definition) is 6. The number of piperidine rings is 1. The van der Waals surface area contributed by atoms with E-state index < -0.39 is 17.1 Å². The van der Waals surface area contributed by atoms with Crippen LogP contribution in [0.2, 0.25) is 10.0 Å². The zero-order valence-electron chi connectivity index (χ0n) is 18.0. The topological polar surface area (TPSA) is 84.0 Å². The van der Waals surface area contributed by atoms with Gasteiger partial charge < -0.3 is 9.64 Å². The number of amides is 3. The Hall–Kier alpha value is -2.81. The minimum Gasteiger partial charge on any atom is -0.422 e. The van der Waals surface area contributed by atoms with Crippen molar-refractivity contribution in [2.24, 2.45) is 0 Å². The van der Waals surface area contributed by atoms with Gasteiger partial charge in [-0.1, -0.05) is 35.3 Å². The Bertz CT molecular complexity index is 1190. The van der Waals surface area contributed by atoms with Gasteiger partial charge >= 0.3 is 5.97 Å². The summed E-state index contributed by atoms with van der Waals surface area (Å²) in [5.74, 6) is -1.36. The molecule has 2 aromatic carbocycles. The van der Waals surface area contributed by atoms with Gasteiger partial charge in [-0.15, -0.1) is 0 Å². The summed E-state index contributed by atoms with van der Waals surface area (Å²) in [5.41, 5.74) is 0.516. The Morgan fingerprint density at radius 1 is 1.03 bits per heavy atom. The number of nitrogens with zero attached hydrogens (tertiary/aromatic N) is 2. The number of halogens is 2. The van der Waals surface area contributed by atoms with Crippen molar-refractivity contribution in [1.82, 2.24) is 9.80 Å². The van der Waals surface area contributed by atoms with E-state index in [-0.39, 0.29) is 33.7 Å². The van der Waals surface area contributed by atoms with Gasteiger partial charge in [-0.3, -0.25) is 19.3 Å². The highest BCUT2D eigenvalue weighted by Gasteiger charge is 2.37. The first-order valence-corrected chi connectivity index (χ1v) is 12.2. The van der Waals surface area contributed by atoms with Crippen molar-refractivity contribution in [3.63, 3.8) is 0 Å². The van der Waals surface area contributed by atoms with Crippen molar-refractivity contribution < 1.29 is 23.9 Å². The molecule has 0 bridgehead atoms. The van der Waals surface area contributed by atoms with E-state index in [1.165, 1.54) is 30.3 Å². The fraction of sp³-hybridized carbons (Fsp3) is 0.250. The summed E-state index contributed by atoms with van der Waals surface area (Å²) in [6.45, 7) is 0.965. The number of carbonyl (C=O) groups excluding carboxylic acids is 4. The van der Waals surface area contributed by atoms with Crippen LogP contribution in [0.1, 0.15) is 35.2 Å². The molecule has 0 aromatic heterocycles. The van der Waals surface area contributed by atoms with E-state index in [9.17, 15) is 19.2 Å². The molecule has 2 aromatic rings. The molecule has 2 aliphatic rings. The number of hydrogen-bond donors (Lipinski definition) is 0. The van der Waals surface area contributed by atoms with Gasteiger partial charge in [0.25, 0.3) is 11.1 Å². The summed E-state index contributed by atoms with van der Waals surface area (Å²) >= 11 is 12.9. The molecule has 0 N–H and O–H groups in total. The average molecular weight is 519 g/mol. The number of thioether (sulfide) groups is 1. The van der Waals surface area contributed by atoms with Crippen LogP contribution < -0.4 is 4.74 Å². The van der Waals surface area contributed by atoms with Crippen LogP contribution in [0.3, 0.4) is 0 Å². The number of imide groups is 1. The van der Waals surface area contributed by atoms with Crippen LogP contribution in [0.15, 0.2) is 47.4 Å². The average Bonchev–Trinajstić information content (AvgIpc) is 3.08. The molecule has 0 saturated carbocycles. The summed E-state index contributed by atoms with van der Waals surface area (Å²) in [5, 5.41) is 0.0593.